The summed E-state index contributed by atoms with van der Waals surface area (Å²) in [5, 5.41) is 8.70. The first-order valence-electron chi connectivity index (χ1n) is 20.4. The van der Waals surface area contributed by atoms with Crippen LogP contribution in [0.4, 0.5) is 0 Å². The lowest BCUT2D eigenvalue weighted by molar-refractivity contribution is 0.656. The van der Waals surface area contributed by atoms with E-state index >= 15 is 0 Å². The summed E-state index contributed by atoms with van der Waals surface area (Å²) in [7, 11) is 0. The summed E-state index contributed by atoms with van der Waals surface area (Å²) in [5.41, 5.74) is 18.5. The molecule has 0 radical (unpaired) electrons. The second-order valence-electron chi connectivity index (χ2n) is 16.2. The summed E-state index contributed by atoms with van der Waals surface area (Å²) in [6.07, 6.45) is 0. The van der Waals surface area contributed by atoms with Crippen molar-refractivity contribution < 1.29 is 17.7 Å². The molecule has 4 aromatic heterocycles. The second-order valence-corrected chi connectivity index (χ2v) is 16.2. The second kappa shape index (κ2) is 12.3. The van der Waals surface area contributed by atoms with Gasteiger partial charge in [-0.3, -0.25) is 0 Å². The van der Waals surface area contributed by atoms with Crippen molar-refractivity contribution in [3.63, 3.8) is 0 Å². The summed E-state index contributed by atoms with van der Waals surface area (Å²) >= 11 is 0. The molecule has 9 aromatic carbocycles. The summed E-state index contributed by atoms with van der Waals surface area (Å²) in [6.45, 7) is 4.31. The van der Waals surface area contributed by atoms with E-state index in [1.54, 1.807) is 0 Å². The van der Waals surface area contributed by atoms with Crippen LogP contribution in [0.1, 0.15) is 11.1 Å². The van der Waals surface area contributed by atoms with Gasteiger partial charge in [-0.1, -0.05) is 84.9 Å². The maximum Gasteiger partial charge on any atom is 0.139 e. The molecule has 0 aliphatic heterocycles. The van der Waals surface area contributed by atoms with E-state index < -0.39 is 0 Å². The molecule has 0 spiro atoms. The highest BCUT2D eigenvalue weighted by atomic mass is 16.3. The zero-order valence-electron chi connectivity index (χ0n) is 32.8. The van der Waals surface area contributed by atoms with Crippen LogP contribution in [0.3, 0.4) is 0 Å². The monoisotopic (exact) mass is 770 g/mol. The van der Waals surface area contributed by atoms with E-state index in [0.717, 1.165) is 121 Å². The fourth-order valence-corrected chi connectivity index (χ4v) is 9.47. The van der Waals surface area contributed by atoms with Crippen molar-refractivity contribution >= 4 is 87.8 Å². The van der Waals surface area contributed by atoms with Gasteiger partial charge in [-0.15, -0.1) is 0 Å². The lowest BCUT2D eigenvalue weighted by Crippen LogP contribution is -1.84. The molecule has 0 fully saturated rings. The van der Waals surface area contributed by atoms with Gasteiger partial charge in [0.2, 0.25) is 0 Å². The Morgan fingerprint density at radius 3 is 0.967 bits per heavy atom. The summed E-state index contributed by atoms with van der Waals surface area (Å²) in [4.78, 5) is 0. The van der Waals surface area contributed by atoms with Crippen molar-refractivity contribution in [1.82, 2.24) is 0 Å². The van der Waals surface area contributed by atoms with Gasteiger partial charge in [0, 0.05) is 49.2 Å². The third-order valence-corrected chi connectivity index (χ3v) is 12.5. The van der Waals surface area contributed by atoms with E-state index in [0.29, 0.717) is 0 Å². The van der Waals surface area contributed by atoms with E-state index in [1.807, 2.05) is 12.1 Å². The van der Waals surface area contributed by atoms with Gasteiger partial charge in [0.25, 0.3) is 0 Å². The number of aryl methyl sites for hydroxylation is 2. The Balaban J connectivity index is 0.935. The van der Waals surface area contributed by atoms with Gasteiger partial charge in [-0.2, -0.15) is 0 Å². The average molecular weight is 771 g/mol. The van der Waals surface area contributed by atoms with Crippen LogP contribution >= 0.6 is 0 Å². The molecule has 60 heavy (non-hydrogen) atoms. The molecule has 0 aliphatic rings. The topological polar surface area (TPSA) is 52.6 Å². The molecule has 13 rings (SSSR count). The van der Waals surface area contributed by atoms with Crippen LogP contribution in [0, 0.1) is 13.8 Å². The molecule has 4 heteroatoms. The molecule has 0 atom stereocenters. The third-order valence-electron chi connectivity index (χ3n) is 12.5. The first-order valence-corrected chi connectivity index (χ1v) is 20.4. The summed E-state index contributed by atoms with van der Waals surface area (Å²) in [6, 6.07) is 60.2. The molecule has 0 saturated heterocycles. The Bertz CT molecular complexity index is 3640. The molecule has 0 saturated carbocycles. The Morgan fingerprint density at radius 2 is 0.550 bits per heavy atom. The molecule has 0 bridgehead atoms. The predicted molar refractivity (Wildman–Crippen MR) is 247 cm³/mol. The molecule has 4 nitrogen and oxygen atoms in total. The SMILES string of the molecule is Cc1cc2oc3cc4oc5cc(C)c(-c6ccc7oc8ccc(-c9ccccc9)cc8c7c6)cc5c4cc3c2cc1-c1ccc2oc3ccc(-c4ccccc4)cc3c2c1. The number of furan rings is 4. The maximum atomic E-state index is 6.54. The molecule has 0 unspecified atom stereocenters. The number of rotatable bonds is 4. The van der Waals surface area contributed by atoms with Gasteiger partial charge in [-0.05, 0) is 148 Å². The Labute approximate surface area is 343 Å². The lowest BCUT2D eigenvalue weighted by atomic mass is 9.95. The van der Waals surface area contributed by atoms with Gasteiger partial charge >= 0.3 is 0 Å². The third kappa shape index (κ3) is 4.98. The molecule has 0 N–H and O–H groups in total. The average Bonchev–Trinajstić information content (AvgIpc) is 4.03. The van der Waals surface area contributed by atoms with Crippen LogP contribution < -0.4 is 0 Å². The fourth-order valence-electron chi connectivity index (χ4n) is 9.47. The van der Waals surface area contributed by atoms with Gasteiger partial charge in [0.15, 0.2) is 0 Å². The molecule has 0 amide bonds. The standard InChI is InChI=1S/C56H34O4/c1-31-21-53-45(27-39(31)37-15-19-51-43(25-37)41-23-35(13-17-49(41)57-51)33-9-5-3-6-10-33)47-29-48-46-28-40(32(2)22-54(46)60-56(48)30-55(47)59-53)38-16-20-52-44(26-38)42-24-36(14-18-50(42)58-52)34-11-7-4-8-12-34/h3-30H,1-2H3. The van der Waals surface area contributed by atoms with Crippen LogP contribution in [0.15, 0.2) is 188 Å². The van der Waals surface area contributed by atoms with Gasteiger partial charge in [-0.25, -0.2) is 0 Å². The van der Waals surface area contributed by atoms with Crippen molar-refractivity contribution in [2.75, 3.05) is 0 Å². The highest BCUT2D eigenvalue weighted by Gasteiger charge is 2.19. The van der Waals surface area contributed by atoms with Crippen molar-refractivity contribution in [3.8, 4) is 44.5 Å². The Morgan fingerprint density at radius 1 is 0.233 bits per heavy atom. The highest BCUT2D eigenvalue weighted by molar-refractivity contribution is 6.17. The van der Waals surface area contributed by atoms with E-state index in [9.17, 15) is 0 Å². The lowest BCUT2D eigenvalue weighted by Gasteiger charge is -2.07. The number of fused-ring (bicyclic) bond motifs is 12. The zero-order chi connectivity index (χ0) is 39.6. The van der Waals surface area contributed by atoms with Crippen LogP contribution in [0.2, 0.25) is 0 Å². The molecule has 4 heterocycles. The predicted octanol–water partition coefficient (Wildman–Crippen LogP) is 16.6. The fraction of sp³-hybridized carbons (Fsp3) is 0.0357. The largest absolute Gasteiger partial charge is 0.456 e. The van der Waals surface area contributed by atoms with Crippen molar-refractivity contribution in [2.24, 2.45) is 0 Å². The molecule has 0 aliphatic carbocycles. The maximum absolute atomic E-state index is 6.54. The van der Waals surface area contributed by atoms with Crippen LogP contribution in [0.5, 0.6) is 0 Å². The van der Waals surface area contributed by atoms with Crippen molar-refractivity contribution in [2.45, 2.75) is 13.8 Å². The van der Waals surface area contributed by atoms with Crippen LogP contribution in [-0.2, 0) is 0 Å². The van der Waals surface area contributed by atoms with E-state index in [2.05, 4.69) is 172 Å². The first kappa shape index (κ1) is 33.2. The minimum atomic E-state index is 0.807. The Kier molecular flexibility index (Phi) is 6.83. The number of hydrogen-bond acceptors (Lipinski definition) is 4. The first-order chi connectivity index (χ1) is 29.5. The quantitative estimate of drug-likeness (QED) is 0.179. The number of hydrogen-bond donors (Lipinski definition) is 0. The van der Waals surface area contributed by atoms with E-state index in [4.69, 9.17) is 17.7 Å². The normalized spacial score (nSPS) is 12.2. The van der Waals surface area contributed by atoms with Gasteiger partial charge < -0.3 is 17.7 Å². The molecule has 13 aromatic rings. The van der Waals surface area contributed by atoms with Crippen LogP contribution in [0.25, 0.3) is 132 Å². The smallest absolute Gasteiger partial charge is 0.139 e. The minimum absolute atomic E-state index is 0.807. The van der Waals surface area contributed by atoms with Gasteiger partial charge in [0.1, 0.15) is 44.7 Å². The Hall–Kier alpha value is -7.82. The van der Waals surface area contributed by atoms with Crippen molar-refractivity contribution in [1.29, 1.82) is 0 Å². The molecular formula is C56H34O4. The number of benzene rings is 9. The van der Waals surface area contributed by atoms with E-state index in [1.165, 1.54) is 22.3 Å². The highest BCUT2D eigenvalue weighted by Crippen LogP contribution is 2.43. The molecular weight excluding hydrogens is 737 g/mol. The van der Waals surface area contributed by atoms with Gasteiger partial charge in [0.05, 0.1) is 0 Å². The zero-order valence-corrected chi connectivity index (χ0v) is 32.8. The summed E-state index contributed by atoms with van der Waals surface area (Å²) < 4.78 is 25.7. The minimum Gasteiger partial charge on any atom is -0.456 e. The van der Waals surface area contributed by atoms with Crippen molar-refractivity contribution in [3.05, 3.63) is 181 Å². The van der Waals surface area contributed by atoms with E-state index in [-0.39, 0.29) is 0 Å². The van der Waals surface area contributed by atoms with Crippen LogP contribution in [-0.4, -0.2) is 0 Å². The molecule has 282 valence electrons. The summed E-state index contributed by atoms with van der Waals surface area (Å²) in [5.74, 6) is 0.